The van der Waals surface area contributed by atoms with E-state index in [-0.39, 0.29) is 36.5 Å². The maximum atomic E-state index is 13.7. The fourth-order valence-corrected chi connectivity index (χ4v) is 6.48. The smallest absolute Gasteiger partial charge is 0.332 e. The van der Waals surface area contributed by atoms with Gasteiger partial charge in [0.2, 0.25) is 23.5 Å². The molecule has 1 saturated heterocycles. The number of amides is 2. The van der Waals surface area contributed by atoms with Gasteiger partial charge in [-0.15, -0.1) is 11.3 Å². The van der Waals surface area contributed by atoms with E-state index in [0.717, 1.165) is 30.4 Å². The van der Waals surface area contributed by atoms with Gasteiger partial charge in [-0.05, 0) is 37.1 Å². The number of nitrogens with zero attached hydrogens (tertiary/aromatic N) is 4. The van der Waals surface area contributed by atoms with Gasteiger partial charge < -0.3 is 29.8 Å². The van der Waals surface area contributed by atoms with Crippen molar-refractivity contribution in [1.82, 2.24) is 25.2 Å². The van der Waals surface area contributed by atoms with Crippen molar-refractivity contribution in [3.05, 3.63) is 36.1 Å². The molecule has 0 radical (unpaired) electrons. The van der Waals surface area contributed by atoms with Crippen molar-refractivity contribution < 1.29 is 28.3 Å². The van der Waals surface area contributed by atoms with Crippen LogP contribution in [0.1, 0.15) is 44.9 Å². The third-order valence-electron chi connectivity index (χ3n) is 8.00. The van der Waals surface area contributed by atoms with Gasteiger partial charge in [-0.3, -0.25) is 9.59 Å². The summed E-state index contributed by atoms with van der Waals surface area (Å²) in [5, 5.41) is 4.81. The second-order valence-corrected chi connectivity index (χ2v) is 11.7. The first-order chi connectivity index (χ1) is 19.9. The van der Waals surface area contributed by atoms with Gasteiger partial charge >= 0.3 is 5.97 Å². The van der Waals surface area contributed by atoms with E-state index in [1.807, 2.05) is 17.5 Å². The van der Waals surface area contributed by atoms with Crippen LogP contribution < -0.4 is 15.8 Å². The molecule has 12 nitrogen and oxygen atoms in total. The quantitative estimate of drug-likeness (QED) is 0.346. The number of esters is 1. The largest absolute Gasteiger partial charge is 0.471 e. The van der Waals surface area contributed by atoms with Crippen molar-refractivity contribution in [1.29, 1.82) is 0 Å². The number of thiophene rings is 1. The van der Waals surface area contributed by atoms with Crippen LogP contribution in [-0.4, -0.2) is 75.0 Å². The first kappa shape index (κ1) is 27.3. The molecule has 0 unspecified atom stereocenters. The Labute approximate surface area is 240 Å². The third kappa shape index (κ3) is 5.31. The Morgan fingerprint density at radius 1 is 1.27 bits per heavy atom. The normalized spacial score (nSPS) is 29.6. The number of nitrogens with two attached hydrogens (primary N) is 1. The average Bonchev–Trinajstić information content (AvgIpc) is 3.46. The van der Waals surface area contributed by atoms with E-state index < -0.39 is 35.6 Å². The summed E-state index contributed by atoms with van der Waals surface area (Å²) in [6.45, 7) is 0.143. The standard InChI is InChI=1S/C28H32N6O6S/c1-38-27(37)28-14-16(28)7-5-3-2-4-6-8-18(29)26(36)34-15-17(13-20(34)23(35)33-28)40-24-21-19(9-12-41-21)31-22(32-24)25-30-10-11-39-25/h5,7,9-12,16-18,20H,2-4,6,8,13-15,29H2,1H3,(H,33,35)/b7-5-/t16-,17-,18+,20+,28-/m1/s1. The number of allylic oxidation sites excluding steroid dienone is 1. The van der Waals surface area contributed by atoms with E-state index in [0.29, 0.717) is 24.2 Å². The minimum absolute atomic E-state index is 0.143. The number of carbonyl (C=O) groups is 3. The molecule has 6 rings (SSSR count). The van der Waals surface area contributed by atoms with Gasteiger partial charge in [-0.2, -0.15) is 4.98 Å². The van der Waals surface area contributed by atoms with Crippen LogP contribution in [0.2, 0.25) is 0 Å². The van der Waals surface area contributed by atoms with Crippen molar-refractivity contribution in [3.8, 4) is 17.6 Å². The van der Waals surface area contributed by atoms with E-state index in [4.69, 9.17) is 19.6 Å². The number of hydrogen-bond donors (Lipinski definition) is 2. The molecule has 2 amide bonds. The molecule has 1 aliphatic carbocycles. The Morgan fingerprint density at radius 2 is 2.15 bits per heavy atom. The van der Waals surface area contributed by atoms with Gasteiger partial charge in [0.05, 0.1) is 31.4 Å². The molecule has 5 atom stereocenters. The highest BCUT2D eigenvalue weighted by Crippen LogP contribution is 2.46. The summed E-state index contributed by atoms with van der Waals surface area (Å²) in [6.07, 6.45) is 11.2. The van der Waals surface area contributed by atoms with Gasteiger partial charge in [0, 0.05) is 12.3 Å². The van der Waals surface area contributed by atoms with Gasteiger partial charge in [0.25, 0.3) is 5.89 Å². The lowest BCUT2D eigenvalue weighted by Crippen LogP contribution is -2.55. The van der Waals surface area contributed by atoms with Crippen molar-refractivity contribution in [2.75, 3.05) is 13.7 Å². The Morgan fingerprint density at radius 3 is 2.95 bits per heavy atom. The topological polar surface area (TPSA) is 163 Å². The maximum Gasteiger partial charge on any atom is 0.332 e. The van der Waals surface area contributed by atoms with Crippen LogP contribution in [0.4, 0.5) is 0 Å². The number of ether oxygens (including phenoxy) is 2. The number of hydrogen-bond acceptors (Lipinski definition) is 11. The lowest BCUT2D eigenvalue weighted by atomic mass is 10.1. The monoisotopic (exact) mass is 580 g/mol. The molecule has 1 saturated carbocycles. The van der Waals surface area contributed by atoms with Crippen LogP contribution in [0, 0.1) is 5.92 Å². The molecule has 0 aromatic carbocycles. The van der Waals surface area contributed by atoms with E-state index in [9.17, 15) is 14.4 Å². The molecule has 41 heavy (non-hydrogen) atoms. The predicted octanol–water partition coefficient (Wildman–Crippen LogP) is 2.59. The molecule has 0 bridgehead atoms. The van der Waals surface area contributed by atoms with Crippen molar-refractivity contribution >= 4 is 39.3 Å². The fourth-order valence-electron chi connectivity index (χ4n) is 5.71. The summed E-state index contributed by atoms with van der Waals surface area (Å²) in [5.74, 6) is -0.556. The van der Waals surface area contributed by atoms with Crippen molar-refractivity contribution in [3.63, 3.8) is 0 Å². The van der Waals surface area contributed by atoms with Gasteiger partial charge in [0.15, 0.2) is 0 Å². The summed E-state index contributed by atoms with van der Waals surface area (Å²) < 4.78 is 17.5. The second-order valence-electron chi connectivity index (χ2n) is 10.7. The minimum atomic E-state index is -1.14. The number of oxazole rings is 1. The molecule has 3 aromatic rings. The Balaban J connectivity index is 1.29. The summed E-state index contributed by atoms with van der Waals surface area (Å²) >= 11 is 1.42. The van der Waals surface area contributed by atoms with Crippen LogP contribution in [0.3, 0.4) is 0 Å². The highest BCUT2D eigenvalue weighted by Gasteiger charge is 2.62. The molecule has 0 spiro atoms. The summed E-state index contributed by atoms with van der Waals surface area (Å²) in [4.78, 5) is 54.8. The van der Waals surface area contributed by atoms with E-state index in [2.05, 4.69) is 26.3 Å². The van der Waals surface area contributed by atoms with Crippen molar-refractivity contribution in [2.45, 2.75) is 68.7 Å². The Hall–Kier alpha value is -3.84. The molecule has 2 fully saturated rings. The first-order valence-electron chi connectivity index (χ1n) is 13.8. The maximum absolute atomic E-state index is 13.7. The van der Waals surface area contributed by atoms with Crippen molar-refractivity contribution in [2.24, 2.45) is 11.7 Å². The molecule has 216 valence electrons. The molecule has 2 aliphatic heterocycles. The molecule has 3 aromatic heterocycles. The number of carbonyl (C=O) groups excluding carboxylic acids is 3. The van der Waals surface area contributed by atoms with Gasteiger partial charge in [-0.25, -0.2) is 14.8 Å². The van der Waals surface area contributed by atoms with E-state index in [1.54, 1.807) is 0 Å². The summed E-state index contributed by atoms with van der Waals surface area (Å²) in [6, 6.07) is 0.234. The molecular formula is C28H32N6O6S. The number of aromatic nitrogens is 3. The average molecular weight is 581 g/mol. The van der Waals surface area contributed by atoms with E-state index >= 15 is 0 Å². The Bertz CT molecular complexity index is 1470. The molecular weight excluding hydrogens is 548 g/mol. The lowest BCUT2D eigenvalue weighted by molar-refractivity contribution is -0.148. The lowest BCUT2D eigenvalue weighted by Gasteiger charge is -2.28. The minimum Gasteiger partial charge on any atom is -0.471 e. The first-order valence-corrected chi connectivity index (χ1v) is 14.7. The van der Waals surface area contributed by atoms with Crippen LogP contribution in [0.15, 0.2) is 40.5 Å². The van der Waals surface area contributed by atoms with E-state index in [1.165, 1.54) is 35.8 Å². The molecule has 3 aliphatic rings. The van der Waals surface area contributed by atoms with Crippen LogP contribution in [0.25, 0.3) is 21.9 Å². The molecule has 3 N–H and O–H groups in total. The number of fused-ring (bicyclic) bond motifs is 3. The SMILES string of the molecule is COC(=O)[C@@]12C[C@H]1/C=C\CCCCC[C@H](N)C(=O)N1C[C@H](Oc3nc(-c4ncco4)nc4ccsc34)C[C@H]1C(=O)N2. The number of methoxy groups -OCH3 is 1. The van der Waals surface area contributed by atoms with Crippen LogP contribution >= 0.6 is 11.3 Å². The zero-order valence-electron chi connectivity index (χ0n) is 22.7. The van der Waals surface area contributed by atoms with Gasteiger partial charge in [0.1, 0.15) is 28.6 Å². The third-order valence-corrected chi connectivity index (χ3v) is 8.90. The fraction of sp³-hybridized carbons (Fsp3) is 0.500. The summed E-state index contributed by atoms with van der Waals surface area (Å²) in [7, 11) is 1.31. The van der Waals surface area contributed by atoms with Crippen LogP contribution in [0.5, 0.6) is 5.88 Å². The second kappa shape index (κ2) is 11.2. The highest BCUT2D eigenvalue weighted by atomic mass is 32.1. The zero-order chi connectivity index (χ0) is 28.6. The number of nitrogens with one attached hydrogen (secondary N) is 1. The van der Waals surface area contributed by atoms with Gasteiger partial charge in [-0.1, -0.05) is 25.0 Å². The number of rotatable bonds is 4. The predicted molar refractivity (Wildman–Crippen MR) is 149 cm³/mol. The highest BCUT2D eigenvalue weighted by molar-refractivity contribution is 7.17. The zero-order valence-corrected chi connectivity index (χ0v) is 23.5. The molecule has 5 heterocycles. The summed E-state index contributed by atoms with van der Waals surface area (Å²) in [5.41, 5.74) is 5.87. The Kier molecular flexibility index (Phi) is 7.47. The van der Waals surface area contributed by atoms with Crippen LogP contribution in [-0.2, 0) is 19.1 Å². The molecule has 13 heteroatoms.